The number of fused-ring (bicyclic) bond motifs is 1. The zero-order valence-electron chi connectivity index (χ0n) is 13.0. The maximum absolute atomic E-state index is 12.2. The van der Waals surface area contributed by atoms with Crippen molar-refractivity contribution >= 4 is 5.91 Å². The zero-order chi connectivity index (χ0) is 17.2. The van der Waals surface area contributed by atoms with Gasteiger partial charge in [0.1, 0.15) is 11.5 Å². The first kappa shape index (κ1) is 16.9. The van der Waals surface area contributed by atoms with Crippen LogP contribution in [0.2, 0.25) is 0 Å². The van der Waals surface area contributed by atoms with Crippen molar-refractivity contribution in [3.05, 3.63) is 24.3 Å². The van der Waals surface area contributed by atoms with Crippen molar-refractivity contribution in [3.8, 4) is 11.5 Å². The van der Waals surface area contributed by atoms with Crippen LogP contribution >= 0.6 is 0 Å². The van der Waals surface area contributed by atoms with Gasteiger partial charge in [-0.05, 0) is 55.6 Å². The molecule has 2 aliphatic rings. The molecule has 0 bridgehead atoms. The molecule has 2 aliphatic heterocycles. The number of benzene rings is 1. The van der Waals surface area contributed by atoms with E-state index in [1.807, 2.05) is 0 Å². The predicted octanol–water partition coefficient (Wildman–Crippen LogP) is 2.03. The Morgan fingerprint density at radius 1 is 1.17 bits per heavy atom. The van der Waals surface area contributed by atoms with Crippen LogP contribution in [0.3, 0.4) is 0 Å². The van der Waals surface area contributed by atoms with Crippen LogP contribution in [0, 0.1) is 11.8 Å². The lowest BCUT2D eigenvalue weighted by Crippen LogP contribution is -2.45. The minimum Gasteiger partial charge on any atom is -0.484 e. The second-order valence-electron chi connectivity index (χ2n) is 6.11. The number of hydrogen-bond donors (Lipinski definition) is 1. The summed E-state index contributed by atoms with van der Waals surface area (Å²) >= 11 is 0. The fraction of sp³-hybridized carbons (Fsp3) is 0.562. The molecule has 2 saturated heterocycles. The molecular formula is C16H19F3N2O3. The highest BCUT2D eigenvalue weighted by Gasteiger charge is 2.34. The fourth-order valence-electron chi connectivity index (χ4n) is 3.24. The maximum atomic E-state index is 12.2. The van der Waals surface area contributed by atoms with Gasteiger partial charge in [-0.25, -0.2) is 0 Å². The molecule has 0 aromatic heterocycles. The van der Waals surface area contributed by atoms with Gasteiger partial charge in [0.2, 0.25) is 0 Å². The quantitative estimate of drug-likeness (QED) is 0.908. The number of halogens is 3. The topological polar surface area (TPSA) is 50.8 Å². The van der Waals surface area contributed by atoms with Crippen LogP contribution in [0.25, 0.3) is 0 Å². The Morgan fingerprint density at radius 2 is 1.83 bits per heavy atom. The monoisotopic (exact) mass is 344 g/mol. The van der Waals surface area contributed by atoms with Crippen LogP contribution in [0.1, 0.15) is 6.42 Å². The highest BCUT2D eigenvalue weighted by Crippen LogP contribution is 2.27. The Hall–Kier alpha value is -1.96. The number of carbonyl (C=O) groups is 1. The van der Waals surface area contributed by atoms with Crippen molar-refractivity contribution in [2.45, 2.75) is 12.8 Å². The molecule has 1 aromatic rings. The first-order valence-corrected chi connectivity index (χ1v) is 7.88. The van der Waals surface area contributed by atoms with E-state index in [9.17, 15) is 18.0 Å². The summed E-state index contributed by atoms with van der Waals surface area (Å²) < 4.78 is 45.4. The van der Waals surface area contributed by atoms with Crippen LogP contribution in [0.4, 0.5) is 13.2 Å². The number of alkyl halides is 3. The number of likely N-dealkylation sites (tertiary alicyclic amines) is 1. The number of ether oxygens (including phenoxy) is 2. The van der Waals surface area contributed by atoms with E-state index in [4.69, 9.17) is 4.74 Å². The average molecular weight is 344 g/mol. The van der Waals surface area contributed by atoms with Gasteiger partial charge < -0.3 is 19.7 Å². The van der Waals surface area contributed by atoms with E-state index in [1.165, 1.54) is 12.1 Å². The number of carbonyl (C=O) groups excluding carboxylic acids is 1. The summed E-state index contributed by atoms with van der Waals surface area (Å²) in [7, 11) is 0. The number of nitrogens with one attached hydrogen (secondary N) is 1. The van der Waals surface area contributed by atoms with Gasteiger partial charge in [0.05, 0.1) is 0 Å². The van der Waals surface area contributed by atoms with Crippen LogP contribution < -0.4 is 14.8 Å². The molecule has 2 fully saturated rings. The van der Waals surface area contributed by atoms with Gasteiger partial charge >= 0.3 is 6.36 Å². The molecule has 1 amide bonds. The number of nitrogens with zero attached hydrogens (tertiary/aromatic N) is 1. The minimum atomic E-state index is -4.72. The van der Waals surface area contributed by atoms with Gasteiger partial charge in [-0.1, -0.05) is 0 Å². The number of piperidine rings is 1. The fourth-order valence-corrected chi connectivity index (χ4v) is 3.24. The van der Waals surface area contributed by atoms with Gasteiger partial charge in [-0.2, -0.15) is 0 Å². The maximum Gasteiger partial charge on any atom is 0.573 e. The third kappa shape index (κ3) is 4.31. The van der Waals surface area contributed by atoms with Crippen LogP contribution in [-0.4, -0.2) is 50.0 Å². The standard InChI is InChI=1S/C16H19F3N2O3/c17-16(18,19)24-14-3-1-13(2-4-14)23-10-15(22)21-6-5-11-7-20-8-12(11)9-21/h1-4,11-12,20H,5-10H2. The summed E-state index contributed by atoms with van der Waals surface area (Å²) in [4.78, 5) is 14.0. The van der Waals surface area contributed by atoms with Crippen LogP contribution in [-0.2, 0) is 4.79 Å². The van der Waals surface area contributed by atoms with Crippen LogP contribution in [0.15, 0.2) is 24.3 Å². The summed E-state index contributed by atoms with van der Waals surface area (Å²) in [6.07, 6.45) is -3.73. The number of hydrogen-bond acceptors (Lipinski definition) is 4. The molecule has 132 valence electrons. The lowest BCUT2D eigenvalue weighted by molar-refractivity contribution is -0.274. The summed E-state index contributed by atoms with van der Waals surface area (Å²) in [6.45, 7) is 3.30. The first-order valence-electron chi connectivity index (χ1n) is 7.88. The molecular weight excluding hydrogens is 325 g/mol. The summed E-state index contributed by atoms with van der Waals surface area (Å²) in [6, 6.07) is 5.01. The van der Waals surface area contributed by atoms with Gasteiger partial charge in [0.25, 0.3) is 5.91 Å². The normalized spacial score (nSPS) is 23.7. The van der Waals surface area contributed by atoms with Crippen molar-refractivity contribution in [2.75, 3.05) is 32.8 Å². The Labute approximate surface area is 137 Å². The van der Waals surface area contributed by atoms with Gasteiger partial charge in [0.15, 0.2) is 6.61 Å². The van der Waals surface area contributed by atoms with Crippen molar-refractivity contribution in [1.29, 1.82) is 0 Å². The van der Waals surface area contributed by atoms with E-state index in [2.05, 4.69) is 10.1 Å². The summed E-state index contributed by atoms with van der Waals surface area (Å²) in [5.74, 6) is 1.06. The van der Waals surface area contributed by atoms with E-state index in [0.29, 0.717) is 17.6 Å². The van der Waals surface area contributed by atoms with E-state index in [-0.39, 0.29) is 18.3 Å². The molecule has 0 radical (unpaired) electrons. The zero-order valence-corrected chi connectivity index (χ0v) is 13.0. The predicted molar refractivity (Wildman–Crippen MR) is 79.7 cm³/mol. The SMILES string of the molecule is O=C(COc1ccc(OC(F)(F)F)cc1)N1CCC2CNCC2C1. The van der Waals surface area contributed by atoms with Crippen LogP contribution in [0.5, 0.6) is 11.5 Å². The third-order valence-electron chi connectivity index (χ3n) is 4.48. The molecule has 8 heteroatoms. The Morgan fingerprint density at radius 3 is 2.54 bits per heavy atom. The van der Waals surface area contributed by atoms with E-state index in [0.717, 1.165) is 44.7 Å². The molecule has 2 heterocycles. The molecule has 0 aliphatic carbocycles. The highest BCUT2D eigenvalue weighted by atomic mass is 19.4. The van der Waals surface area contributed by atoms with E-state index >= 15 is 0 Å². The van der Waals surface area contributed by atoms with E-state index < -0.39 is 6.36 Å². The third-order valence-corrected chi connectivity index (χ3v) is 4.48. The lowest BCUT2D eigenvalue weighted by atomic mass is 9.89. The Kier molecular flexibility index (Phi) is 4.84. The molecule has 2 atom stereocenters. The van der Waals surface area contributed by atoms with Gasteiger partial charge in [-0.3, -0.25) is 4.79 Å². The molecule has 24 heavy (non-hydrogen) atoms. The van der Waals surface area contributed by atoms with Crippen molar-refractivity contribution in [2.24, 2.45) is 11.8 Å². The van der Waals surface area contributed by atoms with E-state index in [1.54, 1.807) is 4.90 Å². The molecule has 0 saturated carbocycles. The summed E-state index contributed by atoms with van der Waals surface area (Å²) in [5.41, 5.74) is 0. The average Bonchev–Trinajstić information content (AvgIpc) is 3.00. The number of rotatable bonds is 4. The van der Waals surface area contributed by atoms with Crippen molar-refractivity contribution < 1.29 is 27.4 Å². The highest BCUT2D eigenvalue weighted by molar-refractivity contribution is 5.77. The second-order valence-corrected chi connectivity index (χ2v) is 6.11. The second kappa shape index (κ2) is 6.88. The van der Waals surface area contributed by atoms with Gasteiger partial charge in [-0.15, -0.1) is 13.2 Å². The van der Waals surface area contributed by atoms with Crippen molar-refractivity contribution in [1.82, 2.24) is 10.2 Å². The van der Waals surface area contributed by atoms with Gasteiger partial charge in [0, 0.05) is 13.1 Å². The Balaban J connectivity index is 1.47. The molecule has 3 rings (SSSR count). The number of amides is 1. The first-order chi connectivity index (χ1) is 11.4. The molecule has 2 unspecified atom stereocenters. The largest absolute Gasteiger partial charge is 0.573 e. The smallest absolute Gasteiger partial charge is 0.484 e. The minimum absolute atomic E-state index is 0.101. The molecule has 1 aromatic carbocycles. The molecule has 5 nitrogen and oxygen atoms in total. The van der Waals surface area contributed by atoms with Crippen molar-refractivity contribution in [3.63, 3.8) is 0 Å². The molecule has 0 spiro atoms. The summed E-state index contributed by atoms with van der Waals surface area (Å²) in [5, 5.41) is 3.34. The lowest BCUT2D eigenvalue weighted by Gasteiger charge is -2.34. The molecule has 1 N–H and O–H groups in total. The Bertz CT molecular complexity index is 577.